The summed E-state index contributed by atoms with van der Waals surface area (Å²) in [5, 5.41) is 0. The molecule has 0 atom stereocenters. The Morgan fingerprint density at radius 3 is 2.11 bits per heavy atom. The van der Waals surface area contributed by atoms with Crippen molar-refractivity contribution in [3.63, 3.8) is 0 Å². The molecular formula is C7H18NS+. The molecule has 0 unspecified atom stereocenters. The molecule has 0 aliphatic heterocycles. The van der Waals surface area contributed by atoms with Gasteiger partial charge in [0, 0.05) is 0 Å². The van der Waals surface area contributed by atoms with Gasteiger partial charge in [0.2, 0.25) is 0 Å². The van der Waals surface area contributed by atoms with E-state index < -0.39 is 0 Å². The third kappa shape index (κ3) is 8.31. The number of hydrogen-bond acceptors (Lipinski definition) is 1. The van der Waals surface area contributed by atoms with Gasteiger partial charge in [-0.1, -0.05) is 13.3 Å². The van der Waals surface area contributed by atoms with Crippen LogP contribution in [0.4, 0.5) is 0 Å². The molecule has 0 amide bonds. The van der Waals surface area contributed by atoms with Crippen LogP contribution in [0.3, 0.4) is 0 Å². The molecule has 0 aromatic carbocycles. The van der Waals surface area contributed by atoms with Crippen molar-refractivity contribution in [3.05, 3.63) is 0 Å². The predicted octanol–water partition coefficient (Wildman–Crippen LogP) is 2.10. The predicted molar refractivity (Wildman–Crippen MR) is 45.5 cm³/mol. The molecule has 2 heteroatoms. The zero-order chi connectivity index (χ0) is 7.33. The molecule has 0 saturated carbocycles. The zero-order valence-corrected chi connectivity index (χ0v) is 7.62. The summed E-state index contributed by atoms with van der Waals surface area (Å²) in [6.07, 6.45) is 3.93. The summed E-state index contributed by atoms with van der Waals surface area (Å²) in [4.78, 5) is 0. The fourth-order valence-corrected chi connectivity index (χ4v) is 0.890. The second-order valence-electron chi connectivity index (χ2n) is 3.05. The van der Waals surface area contributed by atoms with E-state index in [1.165, 1.54) is 25.8 Å². The molecular weight excluding hydrogens is 130 g/mol. The van der Waals surface area contributed by atoms with Gasteiger partial charge in [0.25, 0.3) is 0 Å². The highest BCUT2D eigenvalue weighted by atomic mass is 32.1. The summed E-state index contributed by atoms with van der Waals surface area (Å²) in [5.74, 6) is 0. The number of unbranched alkanes of at least 4 members (excludes halogenated alkanes) is 2. The summed E-state index contributed by atoms with van der Waals surface area (Å²) in [6.45, 7) is 3.40. The van der Waals surface area contributed by atoms with Crippen LogP contribution in [0, 0.1) is 0 Å². The Hall–Kier alpha value is 0.310. The molecule has 0 aromatic heterocycles. The summed E-state index contributed by atoms with van der Waals surface area (Å²) >= 11 is 4.37. The number of nitrogens with zero attached hydrogens (tertiary/aromatic N) is 1. The maximum Gasteiger partial charge on any atom is 0.0886 e. The normalized spacial score (nSPS) is 12.0. The third-order valence-electron chi connectivity index (χ3n) is 1.31. The monoisotopic (exact) mass is 148 g/mol. The number of quaternary nitrogens is 1. The molecule has 0 radical (unpaired) electrons. The fourth-order valence-electron chi connectivity index (χ4n) is 0.749. The van der Waals surface area contributed by atoms with Gasteiger partial charge in [0.1, 0.15) is 0 Å². The first-order valence-corrected chi connectivity index (χ1v) is 4.02. The lowest BCUT2D eigenvalue weighted by atomic mass is 10.2. The molecule has 0 saturated heterocycles. The molecule has 0 rings (SSSR count). The summed E-state index contributed by atoms with van der Waals surface area (Å²) in [7, 11) is 4.22. The molecule has 0 aromatic rings. The summed E-state index contributed by atoms with van der Waals surface area (Å²) < 4.78 is 0.806. The zero-order valence-electron chi connectivity index (χ0n) is 6.72. The van der Waals surface area contributed by atoms with Crippen molar-refractivity contribution in [1.82, 2.24) is 0 Å². The van der Waals surface area contributed by atoms with E-state index in [1.807, 2.05) is 0 Å². The van der Waals surface area contributed by atoms with Crippen LogP contribution in [0.1, 0.15) is 26.2 Å². The van der Waals surface area contributed by atoms with Crippen LogP contribution in [-0.2, 0) is 0 Å². The summed E-state index contributed by atoms with van der Waals surface area (Å²) in [6, 6.07) is 0. The van der Waals surface area contributed by atoms with Crippen LogP contribution in [0.5, 0.6) is 0 Å². The van der Waals surface area contributed by atoms with Crippen molar-refractivity contribution in [1.29, 1.82) is 0 Å². The van der Waals surface area contributed by atoms with Gasteiger partial charge in [-0.3, -0.25) is 3.89 Å². The van der Waals surface area contributed by atoms with Crippen LogP contribution in [0.25, 0.3) is 0 Å². The second-order valence-corrected chi connectivity index (χ2v) is 4.13. The molecule has 0 spiro atoms. The Labute approximate surface area is 64.2 Å². The van der Waals surface area contributed by atoms with Crippen molar-refractivity contribution in [2.75, 3.05) is 20.6 Å². The fraction of sp³-hybridized carbons (Fsp3) is 1.00. The Bertz CT molecular complexity index is 65.8. The summed E-state index contributed by atoms with van der Waals surface area (Å²) in [5.41, 5.74) is 0. The van der Waals surface area contributed by atoms with Crippen LogP contribution >= 0.6 is 12.8 Å². The quantitative estimate of drug-likeness (QED) is 0.352. The molecule has 1 nitrogen and oxygen atoms in total. The van der Waals surface area contributed by atoms with E-state index in [0.717, 1.165) is 3.89 Å². The molecule has 0 bridgehead atoms. The molecule has 0 aliphatic carbocycles. The lowest BCUT2D eigenvalue weighted by Crippen LogP contribution is -2.28. The van der Waals surface area contributed by atoms with Crippen molar-refractivity contribution >= 4 is 12.8 Å². The topological polar surface area (TPSA) is 0 Å². The molecule has 0 aliphatic rings. The lowest BCUT2D eigenvalue weighted by molar-refractivity contribution is -0.747. The highest BCUT2D eigenvalue weighted by Gasteiger charge is 2.06. The van der Waals surface area contributed by atoms with Crippen LogP contribution in [0.15, 0.2) is 0 Å². The van der Waals surface area contributed by atoms with Crippen molar-refractivity contribution < 1.29 is 3.89 Å². The Balaban J connectivity index is 3.07. The molecule has 0 N–H and O–H groups in total. The first-order chi connectivity index (χ1) is 4.06. The largest absolute Gasteiger partial charge is 0.269 e. The second kappa shape index (κ2) is 4.18. The Kier molecular flexibility index (Phi) is 4.32. The lowest BCUT2D eigenvalue weighted by Gasteiger charge is -2.20. The highest BCUT2D eigenvalue weighted by Crippen LogP contribution is 2.05. The van der Waals surface area contributed by atoms with Gasteiger partial charge in [-0.2, -0.15) is 0 Å². The van der Waals surface area contributed by atoms with E-state index in [4.69, 9.17) is 0 Å². The standard InChI is InChI=1S/C7H18NS/c1-4-5-6-7-8(2,3)9/h9H,4-7H2,1-3H3/q+1. The molecule has 56 valence electrons. The average Bonchev–Trinajstić information content (AvgIpc) is 1.63. The first-order valence-electron chi connectivity index (χ1n) is 3.62. The smallest absolute Gasteiger partial charge is 0.0886 e. The van der Waals surface area contributed by atoms with E-state index in [0.29, 0.717) is 0 Å². The Morgan fingerprint density at radius 2 is 1.78 bits per heavy atom. The minimum Gasteiger partial charge on any atom is -0.269 e. The van der Waals surface area contributed by atoms with Crippen molar-refractivity contribution in [2.45, 2.75) is 26.2 Å². The average molecular weight is 148 g/mol. The van der Waals surface area contributed by atoms with E-state index in [-0.39, 0.29) is 0 Å². The third-order valence-corrected chi connectivity index (χ3v) is 1.51. The number of thiol groups is 1. The maximum atomic E-state index is 4.37. The highest BCUT2D eigenvalue weighted by molar-refractivity contribution is 7.74. The SMILES string of the molecule is CCCCC[N+](C)(C)S. The maximum absolute atomic E-state index is 4.37. The first kappa shape index (κ1) is 9.31. The van der Waals surface area contributed by atoms with E-state index in [2.05, 4.69) is 33.8 Å². The molecule has 0 fully saturated rings. The molecule has 9 heavy (non-hydrogen) atoms. The van der Waals surface area contributed by atoms with Crippen LogP contribution < -0.4 is 0 Å². The van der Waals surface area contributed by atoms with Gasteiger partial charge in [-0.05, 0) is 12.8 Å². The van der Waals surface area contributed by atoms with Crippen LogP contribution in [0.2, 0.25) is 0 Å². The van der Waals surface area contributed by atoms with Gasteiger partial charge < -0.3 is 0 Å². The van der Waals surface area contributed by atoms with Gasteiger partial charge in [-0.25, -0.2) is 0 Å². The van der Waals surface area contributed by atoms with Gasteiger partial charge >= 0.3 is 0 Å². The van der Waals surface area contributed by atoms with E-state index in [9.17, 15) is 0 Å². The Morgan fingerprint density at radius 1 is 1.22 bits per heavy atom. The number of rotatable bonds is 4. The van der Waals surface area contributed by atoms with Crippen molar-refractivity contribution in [2.24, 2.45) is 0 Å². The number of hydrogen-bond donors (Lipinski definition) is 1. The van der Waals surface area contributed by atoms with E-state index in [1.54, 1.807) is 0 Å². The van der Waals surface area contributed by atoms with Gasteiger partial charge in [-0.15, -0.1) is 0 Å². The van der Waals surface area contributed by atoms with Gasteiger partial charge in [0.05, 0.1) is 33.5 Å². The minimum absolute atomic E-state index is 0.806. The van der Waals surface area contributed by atoms with E-state index >= 15 is 0 Å². The molecule has 0 heterocycles. The minimum atomic E-state index is 0.806. The van der Waals surface area contributed by atoms with Gasteiger partial charge in [0.15, 0.2) is 0 Å². The van der Waals surface area contributed by atoms with Crippen molar-refractivity contribution in [3.8, 4) is 0 Å². The van der Waals surface area contributed by atoms with Crippen LogP contribution in [-0.4, -0.2) is 24.5 Å².